The number of nitro benzene ring substituents is 1. The fourth-order valence-electron chi connectivity index (χ4n) is 3.35. The first-order valence-corrected chi connectivity index (χ1v) is 9.91. The number of carbonyl (C=O) groups excluding carboxylic acids is 2. The summed E-state index contributed by atoms with van der Waals surface area (Å²) in [6.07, 6.45) is 2.02. The summed E-state index contributed by atoms with van der Waals surface area (Å²) < 4.78 is 4.91. The van der Waals surface area contributed by atoms with Gasteiger partial charge in [0.15, 0.2) is 6.54 Å². The average molecular weight is 406 g/mol. The molecule has 2 amide bonds. The molecule has 0 radical (unpaired) electrons. The number of methoxy groups -OCH3 is 1. The molecule has 158 valence electrons. The second-order valence-corrected chi connectivity index (χ2v) is 7.47. The molecule has 1 saturated carbocycles. The molecule has 0 atom stereocenters. The van der Waals surface area contributed by atoms with E-state index in [1.807, 2.05) is 0 Å². The SMILES string of the molecule is COCCNC(=O)C[NH+]1CCN(C(=O)c2ccc(NC3CC3)c([N+](=O)[O-])c2)CC1. The Bertz CT molecular complexity index is 759. The molecule has 1 aromatic rings. The first-order chi connectivity index (χ1) is 14.0. The number of benzene rings is 1. The van der Waals surface area contributed by atoms with Gasteiger partial charge in [-0.15, -0.1) is 0 Å². The van der Waals surface area contributed by atoms with Crippen LogP contribution in [0.15, 0.2) is 18.2 Å². The number of quaternary nitrogens is 1. The van der Waals surface area contributed by atoms with Gasteiger partial charge in [0.1, 0.15) is 5.69 Å². The molecule has 10 nitrogen and oxygen atoms in total. The van der Waals surface area contributed by atoms with E-state index in [4.69, 9.17) is 4.74 Å². The Morgan fingerprint density at radius 1 is 1.31 bits per heavy atom. The van der Waals surface area contributed by atoms with Crippen molar-refractivity contribution in [2.45, 2.75) is 18.9 Å². The number of piperazine rings is 1. The minimum Gasteiger partial charge on any atom is -0.383 e. The Kier molecular flexibility index (Phi) is 6.99. The van der Waals surface area contributed by atoms with Crippen molar-refractivity contribution in [3.8, 4) is 0 Å². The van der Waals surface area contributed by atoms with E-state index in [0.717, 1.165) is 17.7 Å². The van der Waals surface area contributed by atoms with Crippen LogP contribution in [0, 0.1) is 10.1 Å². The van der Waals surface area contributed by atoms with E-state index in [9.17, 15) is 19.7 Å². The van der Waals surface area contributed by atoms with E-state index in [-0.39, 0.29) is 23.5 Å². The van der Waals surface area contributed by atoms with Crippen molar-refractivity contribution in [2.24, 2.45) is 0 Å². The summed E-state index contributed by atoms with van der Waals surface area (Å²) in [4.78, 5) is 38.5. The second kappa shape index (κ2) is 9.66. The van der Waals surface area contributed by atoms with Crippen molar-refractivity contribution >= 4 is 23.2 Å². The number of rotatable bonds is 9. The van der Waals surface area contributed by atoms with Gasteiger partial charge in [0, 0.05) is 31.3 Å². The smallest absolute Gasteiger partial charge is 0.293 e. The zero-order valence-corrected chi connectivity index (χ0v) is 16.6. The molecule has 0 spiro atoms. The predicted molar refractivity (Wildman–Crippen MR) is 106 cm³/mol. The maximum Gasteiger partial charge on any atom is 0.293 e. The van der Waals surface area contributed by atoms with Gasteiger partial charge in [0.25, 0.3) is 17.5 Å². The van der Waals surface area contributed by atoms with Gasteiger partial charge in [0.2, 0.25) is 0 Å². The number of hydrogen-bond donors (Lipinski definition) is 3. The second-order valence-electron chi connectivity index (χ2n) is 7.47. The van der Waals surface area contributed by atoms with Gasteiger partial charge in [0.05, 0.1) is 37.7 Å². The highest BCUT2D eigenvalue weighted by molar-refractivity contribution is 5.95. The number of anilines is 1. The molecule has 1 heterocycles. The van der Waals surface area contributed by atoms with E-state index in [1.54, 1.807) is 24.1 Å². The van der Waals surface area contributed by atoms with Crippen molar-refractivity contribution in [3.05, 3.63) is 33.9 Å². The zero-order chi connectivity index (χ0) is 20.8. The summed E-state index contributed by atoms with van der Waals surface area (Å²) >= 11 is 0. The molecule has 3 rings (SSSR count). The van der Waals surface area contributed by atoms with Crippen LogP contribution in [0.25, 0.3) is 0 Å². The predicted octanol–water partition coefficient (Wildman–Crippen LogP) is -0.728. The van der Waals surface area contributed by atoms with Crippen LogP contribution in [0.4, 0.5) is 11.4 Å². The van der Waals surface area contributed by atoms with Crippen LogP contribution < -0.4 is 15.5 Å². The van der Waals surface area contributed by atoms with Crippen molar-refractivity contribution < 1.29 is 24.1 Å². The lowest BCUT2D eigenvalue weighted by atomic mass is 10.1. The highest BCUT2D eigenvalue weighted by Crippen LogP contribution is 2.31. The van der Waals surface area contributed by atoms with Crippen LogP contribution in [0.1, 0.15) is 23.2 Å². The van der Waals surface area contributed by atoms with Crippen molar-refractivity contribution in [1.82, 2.24) is 10.2 Å². The summed E-state index contributed by atoms with van der Waals surface area (Å²) in [7, 11) is 1.58. The molecule has 10 heteroatoms. The molecule has 0 unspecified atom stereocenters. The summed E-state index contributed by atoms with van der Waals surface area (Å²) in [5.41, 5.74) is 0.710. The van der Waals surface area contributed by atoms with Gasteiger partial charge >= 0.3 is 0 Å². The number of carbonyl (C=O) groups is 2. The molecule has 0 bridgehead atoms. The molecular formula is C19H28N5O5+. The van der Waals surface area contributed by atoms with E-state index in [2.05, 4.69) is 10.6 Å². The van der Waals surface area contributed by atoms with Crippen LogP contribution in [-0.2, 0) is 9.53 Å². The maximum atomic E-state index is 12.8. The summed E-state index contributed by atoms with van der Waals surface area (Å²) in [5, 5.41) is 17.3. The van der Waals surface area contributed by atoms with Gasteiger partial charge in [-0.2, -0.15) is 0 Å². The van der Waals surface area contributed by atoms with E-state index < -0.39 is 4.92 Å². The highest BCUT2D eigenvalue weighted by Gasteiger charge is 2.29. The Balaban J connectivity index is 1.54. The lowest BCUT2D eigenvalue weighted by molar-refractivity contribution is -0.896. The average Bonchev–Trinajstić information content (AvgIpc) is 3.52. The zero-order valence-electron chi connectivity index (χ0n) is 16.6. The van der Waals surface area contributed by atoms with E-state index >= 15 is 0 Å². The number of nitro groups is 1. The minimum absolute atomic E-state index is 0.0359. The molecule has 1 aliphatic heterocycles. The van der Waals surface area contributed by atoms with Crippen molar-refractivity contribution in [2.75, 3.05) is 58.3 Å². The van der Waals surface area contributed by atoms with Crippen LogP contribution in [0.2, 0.25) is 0 Å². The fourth-order valence-corrected chi connectivity index (χ4v) is 3.35. The van der Waals surface area contributed by atoms with Gasteiger partial charge in [-0.05, 0) is 25.0 Å². The first kappa shape index (κ1) is 21.0. The first-order valence-electron chi connectivity index (χ1n) is 9.91. The molecule has 0 aromatic heterocycles. The van der Waals surface area contributed by atoms with Crippen LogP contribution in [0.3, 0.4) is 0 Å². The number of nitrogens with one attached hydrogen (secondary N) is 3. The van der Waals surface area contributed by atoms with Gasteiger partial charge < -0.3 is 25.2 Å². The standard InChI is InChI=1S/C19H27N5O5/c1-29-11-6-20-18(25)13-22-7-9-23(10-8-22)19(26)14-2-5-16(21-15-3-4-15)17(12-14)24(27)28/h2,5,12,15,21H,3-4,6-11,13H2,1H3,(H,20,25)/p+1. The maximum absolute atomic E-state index is 12.8. The summed E-state index contributed by atoms with van der Waals surface area (Å²) in [5.74, 6) is -0.249. The monoisotopic (exact) mass is 406 g/mol. The largest absolute Gasteiger partial charge is 0.383 e. The summed E-state index contributed by atoms with van der Waals surface area (Å²) in [6, 6.07) is 4.91. The molecular weight excluding hydrogens is 378 g/mol. The third kappa shape index (κ3) is 5.88. The molecule has 1 saturated heterocycles. The molecule has 3 N–H and O–H groups in total. The lowest BCUT2D eigenvalue weighted by Gasteiger charge is -2.32. The Labute approximate surface area is 169 Å². The third-order valence-corrected chi connectivity index (χ3v) is 5.18. The van der Waals surface area contributed by atoms with Crippen molar-refractivity contribution in [1.29, 1.82) is 0 Å². The fraction of sp³-hybridized carbons (Fsp3) is 0.579. The van der Waals surface area contributed by atoms with E-state index in [1.165, 1.54) is 6.07 Å². The highest BCUT2D eigenvalue weighted by atomic mass is 16.6. The Morgan fingerprint density at radius 3 is 2.66 bits per heavy atom. The number of ether oxygens (including phenoxy) is 1. The normalized spacial score (nSPS) is 17.1. The number of amides is 2. The van der Waals surface area contributed by atoms with Crippen LogP contribution >= 0.6 is 0 Å². The molecule has 1 aromatic carbocycles. The Morgan fingerprint density at radius 2 is 2.03 bits per heavy atom. The summed E-state index contributed by atoms with van der Waals surface area (Å²) in [6.45, 7) is 3.66. The molecule has 29 heavy (non-hydrogen) atoms. The topological polar surface area (TPSA) is 118 Å². The lowest BCUT2D eigenvalue weighted by Crippen LogP contribution is -3.15. The minimum atomic E-state index is -0.453. The molecule has 1 aliphatic carbocycles. The quantitative estimate of drug-likeness (QED) is 0.283. The van der Waals surface area contributed by atoms with Crippen molar-refractivity contribution in [3.63, 3.8) is 0 Å². The third-order valence-electron chi connectivity index (χ3n) is 5.18. The van der Waals surface area contributed by atoms with E-state index in [0.29, 0.717) is 57.1 Å². The van der Waals surface area contributed by atoms with Crippen LogP contribution in [0.5, 0.6) is 0 Å². The number of hydrogen-bond acceptors (Lipinski definition) is 6. The van der Waals surface area contributed by atoms with Gasteiger partial charge in [-0.3, -0.25) is 19.7 Å². The van der Waals surface area contributed by atoms with Gasteiger partial charge in [-0.25, -0.2) is 0 Å². The van der Waals surface area contributed by atoms with Gasteiger partial charge in [-0.1, -0.05) is 0 Å². The number of nitrogens with zero attached hydrogens (tertiary/aromatic N) is 2. The van der Waals surface area contributed by atoms with Crippen LogP contribution in [-0.4, -0.2) is 80.7 Å². The molecule has 2 fully saturated rings. The molecule has 2 aliphatic rings. The Hall–Kier alpha value is -2.72.